The first kappa shape index (κ1) is 40.9. The van der Waals surface area contributed by atoms with Crippen molar-refractivity contribution >= 4 is 0 Å². The lowest BCUT2D eigenvalue weighted by atomic mass is 9.93. The van der Waals surface area contributed by atoms with Crippen LogP contribution in [0.2, 0.25) is 0 Å². The zero-order chi connectivity index (χ0) is 33.3. The molecule has 0 radical (unpaired) electrons. The molecular formula is C26H53N5O12. The molecule has 0 aliphatic rings. The van der Waals surface area contributed by atoms with Crippen LogP contribution < -0.4 is 0 Å². The summed E-state index contributed by atoms with van der Waals surface area (Å²) in [5.41, 5.74) is -6.43. The first-order chi connectivity index (χ1) is 20.2. The van der Waals surface area contributed by atoms with Crippen LogP contribution in [0, 0.1) is 30.3 Å². The van der Waals surface area contributed by atoms with Crippen LogP contribution >= 0.6 is 0 Å². The van der Waals surface area contributed by atoms with Crippen LogP contribution in [-0.2, 0) is 4.89 Å². The predicted octanol–water partition coefficient (Wildman–Crippen LogP) is 1.03. The Labute approximate surface area is 252 Å². The molecule has 254 valence electrons. The Hall–Kier alpha value is -2.12. The van der Waals surface area contributed by atoms with Crippen LogP contribution in [0.3, 0.4) is 0 Å². The molecule has 0 aromatic rings. The summed E-state index contributed by atoms with van der Waals surface area (Å²) in [6.45, 7) is 3.59. The smallest absolute Gasteiger partial charge is 0.256 e. The molecule has 0 spiro atoms. The van der Waals surface area contributed by atoms with Crippen molar-refractivity contribution in [1.82, 2.24) is 9.80 Å². The maximum atomic E-state index is 11.8. The van der Waals surface area contributed by atoms with Crippen LogP contribution in [0.25, 0.3) is 0 Å². The van der Waals surface area contributed by atoms with Gasteiger partial charge in [0.15, 0.2) is 0 Å². The van der Waals surface area contributed by atoms with Crippen LogP contribution in [-0.4, -0.2) is 138 Å². The molecule has 0 rings (SSSR count). The summed E-state index contributed by atoms with van der Waals surface area (Å²) in [5, 5.41) is 84.3. The molecular weight excluding hydrogens is 574 g/mol. The van der Waals surface area contributed by atoms with Gasteiger partial charge in [-0.2, -0.15) is 0 Å². The highest BCUT2D eigenvalue weighted by molar-refractivity contribution is 4.89. The van der Waals surface area contributed by atoms with Crippen LogP contribution in [0.4, 0.5) is 0 Å². The van der Waals surface area contributed by atoms with Gasteiger partial charge in [0, 0.05) is 40.6 Å². The SMILES string of the molecule is CCC(CO)(CN(CCCCCCN(CC(CC)(CO)[N+](=O)[O-])CC(CC)(CO)[N+](=O)[O-])CC(CC)(CO)[N+](=O)[O-])OO. The number of unbranched alkanes of at least 4 members (excludes halogenated alkanes) is 3. The third-order valence-corrected chi connectivity index (χ3v) is 8.91. The van der Waals surface area contributed by atoms with E-state index in [1.807, 2.05) is 0 Å². The van der Waals surface area contributed by atoms with Crippen LogP contribution in [0.1, 0.15) is 79.1 Å². The highest BCUT2D eigenvalue weighted by atomic mass is 17.1. The first-order valence-electron chi connectivity index (χ1n) is 14.9. The molecule has 0 heterocycles. The summed E-state index contributed by atoms with van der Waals surface area (Å²) in [4.78, 5) is 41.6. The molecule has 17 nitrogen and oxygen atoms in total. The second-order valence-electron chi connectivity index (χ2n) is 11.6. The van der Waals surface area contributed by atoms with Gasteiger partial charge in [-0.25, -0.2) is 4.89 Å². The summed E-state index contributed by atoms with van der Waals surface area (Å²) in [5.74, 6) is 0. The monoisotopic (exact) mass is 627 g/mol. The van der Waals surface area contributed by atoms with Gasteiger partial charge in [-0.05, 0) is 32.4 Å². The average Bonchev–Trinajstić information content (AvgIpc) is 3.00. The molecule has 0 aliphatic carbocycles. The van der Waals surface area contributed by atoms with Crippen molar-refractivity contribution < 1.29 is 45.3 Å². The standard InChI is InChI=1S/C26H53N5O12/c1-5-23(19-32,29(36)37)15-27(16-24(6-2,20-33)30(38)39)13-11-9-10-12-14-28(18-26(8-4,22-35)43-42)17-25(7-3,21-34)31(40)41/h32-35,42H,5-22H2,1-4H3. The topological polar surface area (TPSA) is 246 Å². The lowest BCUT2D eigenvalue weighted by molar-refractivity contribution is -0.583. The van der Waals surface area contributed by atoms with E-state index >= 15 is 0 Å². The third kappa shape index (κ3) is 11.1. The predicted molar refractivity (Wildman–Crippen MR) is 156 cm³/mol. The van der Waals surface area contributed by atoms with E-state index in [0.29, 0.717) is 32.2 Å². The van der Waals surface area contributed by atoms with Crippen molar-refractivity contribution in [2.24, 2.45) is 0 Å². The number of aliphatic hydroxyl groups excluding tert-OH is 4. The Morgan fingerprint density at radius 3 is 1.09 bits per heavy atom. The number of nitro groups is 3. The zero-order valence-corrected chi connectivity index (χ0v) is 26.1. The van der Waals surface area contributed by atoms with Gasteiger partial charge in [-0.1, -0.05) is 40.5 Å². The minimum absolute atomic E-state index is 0.00142. The third-order valence-electron chi connectivity index (χ3n) is 8.91. The fraction of sp³-hybridized carbons (Fsp3) is 1.00. The van der Waals surface area contributed by atoms with Crippen molar-refractivity contribution in [3.05, 3.63) is 30.3 Å². The number of hydrogen-bond acceptors (Lipinski definition) is 14. The van der Waals surface area contributed by atoms with E-state index in [0.717, 1.165) is 0 Å². The van der Waals surface area contributed by atoms with Crippen molar-refractivity contribution in [3.8, 4) is 0 Å². The second kappa shape index (κ2) is 19.3. The maximum Gasteiger partial charge on any atom is 0.256 e. The zero-order valence-electron chi connectivity index (χ0n) is 26.1. The van der Waals surface area contributed by atoms with E-state index < -0.39 is 63.4 Å². The van der Waals surface area contributed by atoms with Gasteiger partial charge in [-0.15, -0.1) is 0 Å². The van der Waals surface area contributed by atoms with E-state index in [2.05, 4.69) is 4.89 Å². The maximum absolute atomic E-state index is 11.8. The number of rotatable bonds is 27. The minimum atomic E-state index is -1.71. The quantitative estimate of drug-likeness (QED) is 0.0370. The normalized spacial score (nSPS) is 17.7. The first-order valence-corrected chi connectivity index (χ1v) is 14.9. The van der Waals surface area contributed by atoms with Crippen LogP contribution in [0.15, 0.2) is 0 Å². The van der Waals surface area contributed by atoms with Crippen molar-refractivity contribution in [1.29, 1.82) is 0 Å². The molecule has 43 heavy (non-hydrogen) atoms. The molecule has 0 aromatic carbocycles. The van der Waals surface area contributed by atoms with Gasteiger partial charge < -0.3 is 20.4 Å². The Balaban J connectivity index is 5.63. The fourth-order valence-electron chi connectivity index (χ4n) is 5.06. The van der Waals surface area contributed by atoms with Gasteiger partial charge in [-0.3, -0.25) is 45.4 Å². The summed E-state index contributed by atoms with van der Waals surface area (Å²) >= 11 is 0. The number of hydrogen-bond donors (Lipinski definition) is 5. The average molecular weight is 628 g/mol. The summed E-state index contributed by atoms with van der Waals surface area (Å²) in [6, 6.07) is 0. The highest BCUT2D eigenvalue weighted by Crippen LogP contribution is 2.24. The lowest BCUT2D eigenvalue weighted by Gasteiger charge is -2.36. The highest BCUT2D eigenvalue weighted by Gasteiger charge is 2.47. The molecule has 0 fully saturated rings. The molecule has 0 amide bonds. The molecule has 0 saturated carbocycles. The van der Waals surface area contributed by atoms with E-state index in [1.54, 1.807) is 37.5 Å². The Morgan fingerprint density at radius 1 is 0.558 bits per heavy atom. The molecule has 0 aliphatic heterocycles. The van der Waals surface area contributed by atoms with Crippen molar-refractivity contribution in [3.63, 3.8) is 0 Å². The van der Waals surface area contributed by atoms with Crippen LogP contribution in [0.5, 0.6) is 0 Å². The summed E-state index contributed by atoms with van der Waals surface area (Å²) in [6.07, 6.45) is 2.51. The molecule has 0 aromatic heterocycles. The van der Waals surface area contributed by atoms with E-state index in [1.165, 1.54) is 0 Å². The number of aliphatic hydroxyl groups is 4. The molecule has 17 heteroatoms. The van der Waals surface area contributed by atoms with Gasteiger partial charge >= 0.3 is 0 Å². The summed E-state index contributed by atoms with van der Waals surface area (Å²) < 4.78 is 0. The molecule has 4 atom stereocenters. The number of nitrogens with zero attached hydrogens (tertiary/aromatic N) is 5. The van der Waals surface area contributed by atoms with E-state index in [4.69, 9.17) is 0 Å². The van der Waals surface area contributed by atoms with Gasteiger partial charge in [0.05, 0.1) is 26.2 Å². The largest absolute Gasteiger partial charge is 0.393 e. The van der Waals surface area contributed by atoms with Crippen molar-refractivity contribution in [2.45, 2.75) is 101 Å². The molecule has 5 N–H and O–H groups in total. The van der Waals surface area contributed by atoms with E-state index in [9.17, 15) is 56.0 Å². The second-order valence-corrected chi connectivity index (χ2v) is 11.6. The Morgan fingerprint density at radius 2 is 0.884 bits per heavy atom. The van der Waals surface area contributed by atoms with Gasteiger partial charge in [0.1, 0.15) is 25.4 Å². The summed E-state index contributed by atoms with van der Waals surface area (Å²) in [7, 11) is 0. The minimum Gasteiger partial charge on any atom is -0.393 e. The molecule has 0 bridgehead atoms. The Bertz CT molecular complexity index is 793. The lowest BCUT2D eigenvalue weighted by Crippen LogP contribution is -2.57. The fourth-order valence-corrected chi connectivity index (χ4v) is 5.06. The Kier molecular flexibility index (Phi) is 18.4. The van der Waals surface area contributed by atoms with Crippen molar-refractivity contribution in [2.75, 3.05) is 65.7 Å². The van der Waals surface area contributed by atoms with E-state index in [-0.39, 0.29) is 58.4 Å². The molecule has 4 unspecified atom stereocenters. The van der Waals surface area contributed by atoms with Gasteiger partial charge in [0.2, 0.25) is 0 Å². The van der Waals surface area contributed by atoms with Gasteiger partial charge in [0.25, 0.3) is 16.6 Å². The molecule has 0 saturated heterocycles.